The predicted molar refractivity (Wildman–Crippen MR) is 116 cm³/mol. The Morgan fingerprint density at radius 1 is 1.11 bits per heavy atom. The molecule has 1 aliphatic heterocycles. The SMILES string of the molecule is Cc1ccc2sc(C(=O)N3CCN(c4ccc(CN(C)C)cn4)CC3)cc2c1. The quantitative estimate of drug-likeness (QED) is 0.677. The van der Waals surface area contributed by atoms with Crippen LogP contribution in [-0.4, -0.2) is 61.0 Å². The van der Waals surface area contributed by atoms with Gasteiger partial charge in [0.15, 0.2) is 0 Å². The zero-order valence-corrected chi connectivity index (χ0v) is 17.5. The number of nitrogens with zero attached hydrogens (tertiary/aromatic N) is 4. The van der Waals surface area contributed by atoms with Crippen LogP contribution in [0.5, 0.6) is 0 Å². The normalized spacial score (nSPS) is 14.9. The minimum atomic E-state index is 0.146. The van der Waals surface area contributed by atoms with Gasteiger partial charge in [0, 0.05) is 43.6 Å². The zero-order valence-electron chi connectivity index (χ0n) is 16.7. The maximum Gasteiger partial charge on any atom is 0.264 e. The molecule has 1 amide bonds. The molecule has 0 bridgehead atoms. The molecule has 1 aromatic carbocycles. The van der Waals surface area contributed by atoms with E-state index in [1.54, 1.807) is 11.3 Å². The van der Waals surface area contributed by atoms with Gasteiger partial charge in [-0.05, 0) is 50.2 Å². The number of rotatable bonds is 4. The molecule has 0 saturated carbocycles. The summed E-state index contributed by atoms with van der Waals surface area (Å²) in [5.41, 5.74) is 2.43. The van der Waals surface area contributed by atoms with E-state index in [9.17, 15) is 4.79 Å². The van der Waals surface area contributed by atoms with Crippen molar-refractivity contribution in [2.24, 2.45) is 0 Å². The van der Waals surface area contributed by atoms with E-state index in [2.05, 4.69) is 66.1 Å². The average molecular weight is 395 g/mol. The first-order chi connectivity index (χ1) is 13.5. The number of hydrogen-bond acceptors (Lipinski definition) is 5. The number of anilines is 1. The molecule has 1 aliphatic rings. The summed E-state index contributed by atoms with van der Waals surface area (Å²) in [5.74, 6) is 1.14. The molecular formula is C22H26N4OS. The Bertz CT molecular complexity index is 972. The minimum absolute atomic E-state index is 0.146. The van der Waals surface area contributed by atoms with Crippen LogP contribution < -0.4 is 4.90 Å². The van der Waals surface area contributed by atoms with Crippen LogP contribution in [0.1, 0.15) is 20.8 Å². The van der Waals surface area contributed by atoms with Gasteiger partial charge in [0.2, 0.25) is 0 Å². The number of fused-ring (bicyclic) bond motifs is 1. The van der Waals surface area contributed by atoms with Crippen LogP contribution in [0.25, 0.3) is 10.1 Å². The zero-order chi connectivity index (χ0) is 19.7. The molecule has 3 heterocycles. The number of benzene rings is 1. The Kier molecular flexibility index (Phi) is 5.33. The Labute approximate surface area is 170 Å². The van der Waals surface area contributed by atoms with Gasteiger partial charge in [0.05, 0.1) is 4.88 Å². The lowest BCUT2D eigenvalue weighted by Crippen LogP contribution is -2.48. The number of pyridine rings is 1. The summed E-state index contributed by atoms with van der Waals surface area (Å²) >= 11 is 1.59. The van der Waals surface area contributed by atoms with E-state index in [-0.39, 0.29) is 5.91 Å². The second-order valence-corrected chi connectivity index (χ2v) is 8.78. The maximum absolute atomic E-state index is 12.9. The molecule has 0 atom stereocenters. The van der Waals surface area contributed by atoms with Crippen molar-refractivity contribution in [2.75, 3.05) is 45.2 Å². The van der Waals surface area contributed by atoms with Crippen LogP contribution in [0, 0.1) is 6.92 Å². The lowest BCUT2D eigenvalue weighted by molar-refractivity contribution is 0.0751. The molecule has 28 heavy (non-hydrogen) atoms. The molecule has 0 radical (unpaired) electrons. The molecule has 4 rings (SSSR count). The van der Waals surface area contributed by atoms with E-state index in [0.717, 1.165) is 48.8 Å². The van der Waals surface area contributed by atoms with Gasteiger partial charge in [-0.1, -0.05) is 23.8 Å². The lowest BCUT2D eigenvalue weighted by atomic mass is 10.2. The number of hydrogen-bond donors (Lipinski definition) is 0. The van der Waals surface area contributed by atoms with Crippen LogP contribution in [0.3, 0.4) is 0 Å². The van der Waals surface area contributed by atoms with Gasteiger partial charge in [0.1, 0.15) is 5.82 Å². The smallest absolute Gasteiger partial charge is 0.264 e. The van der Waals surface area contributed by atoms with E-state index < -0.39 is 0 Å². The third kappa shape index (κ3) is 4.03. The Morgan fingerprint density at radius 2 is 1.89 bits per heavy atom. The van der Waals surface area contributed by atoms with E-state index in [1.165, 1.54) is 15.8 Å². The summed E-state index contributed by atoms with van der Waals surface area (Å²) in [7, 11) is 4.11. The van der Waals surface area contributed by atoms with Crippen molar-refractivity contribution < 1.29 is 4.79 Å². The number of aromatic nitrogens is 1. The van der Waals surface area contributed by atoms with Gasteiger partial charge < -0.3 is 14.7 Å². The summed E-state index contributed by atoms with van der Waals surface area (Å²) in [4.78, 5) is 24.8. The first-order valence-corrected chi connectivity index (χ1v) is 10.5. The van der Waals surface area contributed by atoms with Gasteiger partial charge in [-0.15, -0.1) is 11.3 Å². The monoisotopic (exact) mass is 394 g/mol. The van der Waals surface area contributed by atoms with Crippen LogP contribution >= 0.6 is 11.3 Å². The van der Waals surface area contributed by atoms with Gasteiger partial charge in [-0.25, -0.2) is 4.98 Å². The fraction of sp³-hybridized carbons (Fsp3) is 0.364. The van der Waals surface area contributed by atoms with Crippen LogP contribution in [0.15, 0.2) is 42.6 Å². The first-order valence-electron chi connectivity index (χ1n) is 9.64. The van der Waals surface area contributed by atoms with E-state index >= 15 is 0 Å². The van der Waals surface area contributed by atoms with Gasteiger partial charge in [-0.3, -0.25) is 4.79 Å². The van der Waals surface area contributed by atoms with Crippen molar-refractivity contribution in [3.8, 4) is 0 Å². The molecule has 1 saturated heterocycles. The summed E-state index contributed by atoms with van der Waals surface area (Å²) < 4.78 is 1.18. The van der Waals surface area contributed by atoms with Crippen molar-refractivity contribution in [2.45, 2.75) is 13.5 Å². The standard InChI is InChI=1S/C22H26N4OS/c1-16-4-6-19-18(12-16)13-20(28-19)22(27)26-10-8-25(9-11-26)21-7-5-17(14-23-21)15-24(2)3/h4-7,12-14H,8-11,15H2,1-3H3. The summed E-state index contributed by atoms with van der Waals surface area (Å²) in [6.45, 7) is 6.06. The van der Waals surface area contributed by atoms with Crippen molar-refractivity contribution in [1.29, 1.82) is 0 Å². The number of amides is 1. The number of piperazine rings is 1. The lowest BCUT2D eigenvalue weighted by Gasteiger charge is -2.35. The highest BCUT2D eigenvalue weighted by Gasteiger charge is 2.24. The summed E-state index contributed by atoms with van der Waals surface area (Å²) in [6, 6.07) is 12.6. The molecule has 6 heteroatoms. The molecular weight excluding hydrogens is 368 g/mol. The number of carbonyl (C=O) groups excluding carboxylic acids is 1. The molecule has 0 aliphatic carbocycles. The second kappa shape index (κ2) is 7.89. The fourth-order valence-electron chi connectivity index (χ4n) is 3.63. The molecule has 0 spiro atoms. The fourth-order valence-corrected chi connectivity index (χ4v) is 4.64. The Morgan fingerprint density at radius 3 is 2.57 bits per heavy atom. The van der Waals surface area contributed by atoms with Crippen LogP contribution in [-0.2, 0) is 6.54 Å². The largest absolute Gasteiger partial charge is 0.353 e. The van der Waals surface area contributed by atoms with Crippen molar-refractivity contribution in [3.05, 3.63) is 58.6 Å². The molecule has 0 unspecified atom stereocenters. The van der Waals surface area contributed by atoms with Crippen LogP contribution in [0.4, 0.5) is 5.82 Å². The van der Waals surface area contributed by atoms with Crippen molar-refractivity contribution in [3.63, 3.8) is 0 Å². The Balaban J connectivity index is 1.39. The molecule has 5 nitrogen and oxygen atoms in total. The third-order valence-electron chi connectivity index (χ3n) is 5.08. The average Bonchev–Trinajstić information content (AvgIpc) is 3.11. The van der Waals surface area contributed by atoms with E-state index in [4.69, 9.17) is 0 Å². The number of aryl methyl sites for hydroxylation is 1. The van der Waals surface area contributed by atoms with Crippen molar-refractivity contribution in [1.82, 2.24) is 14.8 Å². The molecule has 1 fully saturated rings. The van der Waals surface area contributed by atoms with E-state index in [1.807, 2.05) is 17.2 Å². The van der Waals surface area contributed by atoms with Gasteiger partial charge >= 0.3 is 0 Å². The topological polar surface area (TPSA) is 39.7 Å². The maximum atomic E-state index is 12.9. The summed E-state index contributed by atoms with van der Waals surface area (Å²) in [6.07, 6.45) is 1.95. The van der Waals surface area contributed by atoms with E-state index in [0.29, 0.717) is 0 Å². The minimum Gasteiger partial charge on any atom is -0.353 e. The first kappa shape index (κ1) is 18.9. The highest BCUT2D eigenvalue weighted by molar-refractivity contribution is 7.20. The van der Waals surface area contributed by atoms with Crippen LogP contribution in [0.2, 0.25) is 0 Å². The third-order valence-corrected chi connectivity index (χ3v) is 6.19. The molecule has 146 valence electrons. The molecule has 0 N–H and O–H groups in total. The second-order valence-electron chi connectivity index (χ2n) is 7.69. The predicted octanol–water partition coefficient (Wildman–Crippen LogP) is 3.63. The highest BCUT2D eigenvalue weighted by Crippen LogP contribution is 2.28. The number of thiophene rings is 1. The molecule has 2 aromatic heterocycles. The van der Waals surface area contributed by atoms with Crippen molar-refractivity contribution >= 4 is 33.1 Å². The van der Waals surface area contributed by atoms with Gasteiger partial charge in [0.25, 0.3) is 5.91 Å². The number of carbonyl (C=O) groups is 1. The van der Waals surface area contributed by atoms with Gasteiger partial charge in [-0.2, -0.15) is 0 Å². The highest BCUT2D eigenvalue weighted by atomic mass is 32.1. The molecule has 3 aromatic rings. The Hall–Kier alpha value is -2.44. The summed E-state index contributed by atoms with van der Waals surface area (Å²) in [5, 5.41) is 1.16.